The number of aromatic nitrogens is 6. The Kier molecular flexibility index (Phi) is 4.33. The fraction of sp³-hybridized carbons (Fsp3) is 0.167. The van der Waals surface area contributed by atoms with E-state index in [4.69, 9.17) is 11.0 Å². The maximum Gasteiger partial charge on any atom is 0.149 e. The van der Waals surface area contributed by atoms with Crippen LogP contribution in [0.15, 0.2) is 30.9 Å². The van der Waals surface area contributed by atoms with Gasteiger partial charge in [0.05, 0.1) is 17.2 Å². The first-order valence-corrected chi connectivity index (χ1v) is 8.46. The largest absolute Gasteiger partial charge is 0.382 e. The number of nitrogens with zero attached hydrogens (tertiary/aromatic N) is 6. The number of rotatable bonds is 5. The number of anilines is 2. The molecule has 4 N–H and O–H groups in total. The summed E-state index contributed by atoms with van der Waals surface area (Å²) in [6, 6.07) is 4.85. The highest BCUT2D eigenvalue weighted by atomic mass is 19.1. The van der Waals surface area contributed by atoms with Crippen LogP contribution in [0.5, 0.6) is 0 Å². The number of H-pyrrole nitrogens is 1. The summed E-state index contributed by atoms with van der Waals surface area (Å²) in [6.45, 7) is 0.454. The van der Waals surface area contributed by atoms with Crippen LogP contribution >= 0.6 is 0 Å². The Morgan fingerprint density at radius 1 is 1.36 bits per heavy atom. The molecule has 140 valence electrons. The molecule has 10 heteroatoms. The first-order chi connectivity index (χ1) is 13.5. The Morgan fingerprint density at radius 2 is 2.21 bits per heavy atom. The van der Waals surface area contributed by atoms with Crippen LogP contribution < -0.4 is 11.1 Å². The van der Waals surface area contributed by atoms with Gasteiger partial charge in [-0.1, -0.05) is 0 Å². The van der Waals surface area contributed by atoms with Crippen molar-refractivity contribution in [2.75, 3.05) is 17.6 Å². The number of hydrogen-bond donors (Lipinski definition) is 3. The highest BCUT2D eigenvalue weighted by Gasteiger charge is 2.13. The van der Waals surface area contributed by atoms with Crippen LogP contribution in [-0.2, 0) is 13.5 Å². The zero-order chi connectivity index (χ0) is 19.7. The summed E-state index contributed by atoms with van der Waals surface area (Å²) in [7, 11) is 1.80. The Hall–Kier alpha value is -4.00. The van der Waals surface area contributed by atoms with Crippen molar-refractivity contribution < 1.29 is 4.39 Å². The van der Waals surface area contributed by atoms with E-state index in [-0.39, 0.29) is 17.2 Å². The van der Waals surface area contributed by atoms with Crippen LogP contribution in [0.2, 0.25) is 0 Å². The van der Waals surface area contributed by atoms with Crippen LogP contribution in [0.1, 0.15) is 11.4 Å². The second-order valence-electron chi connectivity index (χ2n) is 6.21. The van der Waals surface area contributed by atoms with E-state index in [1.54, 1.807) is 17.9 Å². The molecule has 9 nitrogen and oxygen atoms in total. The molecule has 1 aromatic carbocycles. The normalized spacial score (nSPS) is 10.9. The van der Waals surface area contributed by atoms with Gasteiger partial charge in [0.2, 0.25) is 0 Å². The average Bonchev–Trinajstić information content (AvgIpc) is 3.27. The van der Waals surface area contributed by atoms with Gasteiger partial charge in [-0.25, -0.2) is 19.3 Å². The molecule has 0 aliphatic rings. The number of aromatic amines is 1. The number of benzene rings is 1. The minimum absolute atomic E-state index is 0.125. The van der Waals surface area contributed by atoms with Gasteiger partial charge in [0, 0.05) is 37.3 Å². The van der Waals surface area contributed by atoms with E-state index < -0.39 is 0 Å². The predicted octanol–water partition coefficient (Wildman–Crippen LogP) is 2.00. The van der Waals surface area contributed by atoms with Crippen molar-refractivity contribution in [3.05, 3.63) is 48.1 Å². The lowest BCUT2D eigenvalue weighted by Crippen LogP contribution is -2.10. The highest BCUT2D eigenvalue weighted by molar-refractivity contribution is 5.91. The molecule has 0 fully saturated rings. The van der Waals surface area contributed by atoms with E-state index in [1.807, 2.05) is 12.3 Å². The van der Waals surface area contributed by atoms with Gasteiger partial charge in [-0.2, -0.15) is 10.4 Å². The minimum Gasteiger partial charge on any atom is -0.382 e. The number of fused-ring (bicyclic) bond motifs is 1. The molecule has 0 bridgehead atoms. The van der Waals surface area contributed by atoms with Crippen LogP contribution in [0.3, 0.4) is 0 Å². The molecule has 0 saturated heterocycles. The minimum atomic E-state index is -0.352. The zero-order valence-corrected chi connectivity index (χ0v) is 14.9. The maximum absolute atomic E-state index is 14.0. The number of aryl methyl sites for hydroxylation is 1. The fourth-order valence-electron chi connectivity index (χ4n) is 2.97. The van der Waals surface area contributed by atoms with Crippen molar-refractivity contribution in [3.8, 4) is 17.2 Å². The van der Waals surface area contributed by atoms with Crippen molar-refractivity contribution in [1.29, 1.82) is 5.26 Å². The molecular weight excluding hydrogens is 361 g/mol. The number of nitrogen functional groups attached to an aromatic ring is 1. The van der Waals surface area contributed by atoms with Gasteiger partial charge in [-0.3, -0.25) is 4.68 Å². The third kappa shape index (κ3) is 3.21. The van der Waals surface area contributed by atoms with Crippen molar-refractivity contribution in [1.82, 2.24) is 29.7 Å². The molecule has 0 aliphatic carbocycles. The monoisotopic (exact) mass is 377 g/mol. The second kappa shape index (κ2) is 6.96. The van der Waals surface area contributed by atoms with Crippen LogP contribution in [-0.4, -0.2) is 36.3 Å². The van der Waals surface area contributed by atoms with Crippen LogP contribution in [0.4, 0.5) is 16.0 Å². The SMILES string of the molecule is Cn1cc(-c2cc(F)cc3[nH]c(CCNc4ncnc(N)c4C#N)nc23)cn1. The van der Waals surface area contributed by atoms with Crippen LogP contribution in [0.25, 0.3) is 22.2 Å². The van der Waals surface area contributed by atoms with Gasteiger partial charge in [0.1, 0.15) is 41.2 Å². The summed E-state index contributed by atoms with van der Waals surface area (Å²) < 4.78 is 15.7. The maximum atomic E-state index is 14.0. The number of nitriles is 1. The van der Waals surface area contributed by atoms with Crippen molar-refractivity contribution in [2.24, 2.45) is 7.05 Å². The molecule has 4 rings (SSSR count). The summed E-state index contributed by atoms with van der Waals surface area (Å²) in [4.78, 5) is 15.6. The van der Waals surface area contributed by atoms with Gasteiger partial charge in [0.15, 0.2) is 0 Å². The van der Waals surface area contributed by atoms with Crippen LogP contribution in [0, 0.1) is 17.1 Å². The Balaban J connectivity index is 1.58. The Bertz CT molecular complexity index is 1200. The van der Waals surface area contributed by atoms with Gasteiger partial charge >= 0.3 is 0 Å². The average molecular weight is 377 g/mol. The van der Waals surface area contributed by atoms with Gasteiger partial charge in [0.25, 0.3) is 0 Å². The summed E-state index contributed by atoms with van der Waals surface area (Å²) in [5.74, 6) is 0.821. The summed E-state index contributed by atoms with van der Waals surface area (Å²) >= 11 is 0. The highest BCUT2D eigenvalue weighted by Crippen LogP contribution is 2.28. The molecule has 0 radical (unpaired) electrons. The zero-order valence-electron chi connectivity index (χ0n) is 14.9. The smallest absolute Gasteiger partial charge is 0.149 e. The molecule has 0 amide bonds. The standard InChI is InChI=1S/C18H16FN9/c1-28-8-10(7-25-28)12-4-11(19)5-14-16(12)27-15(26-14)2-3-22-18-13(6-20)17(21)23-9-24-18/h4-5,7-9H,2-3H2,1H3,(H,26,27)(H3,21,22,23,24). The van der Waals surface area contributed by atoms with E-state index in [1.165, 1.54) is 18.5 Å². The van der Waals surface area contributed by atoms with Gasteiger partial charge in [-0.15, -0.1) is 0 Å². The number of halogens is 1. The first kappa shape index (κ1) is 17.4. The lowest BCUT2D eigenvalue weighted by atomic mass is 10.1. The second-order valence-corrected chi connectivity index (χ2v) is 6.21. The van der Waals surface area contributed by atoms with E-state index >= 15 is 0 Å². The molecule has 0 atom stereocenters. The lowest BCUT2D eigenvalue weighted by molar-refractivity contribution is 0.630. The predicted molar refractivity (Wildman–Crippen MR) is 102 cm³/mol. The molecule has 0 spiro atoms. The van der Waals surface area contributed by atoms with Crippen molar-refractivity contribution >= 4 is 22.7 Å². The molecule has 4 aromatic rings. The molecule has 0 aliphatic heterocycles. The molecule has 0 unspecified atom stereocenters. The Morgan fingerprint density at radius 3 is 2.96 bits per heavy atom. The number of nitrogens with two attached hydrogens (primary N) is 1. The van der Waals surface area contributed by atoms with E-state index in [9.17, 15) is 4.39 Å². The molecule has 3 aromatic heterocycles. The van der Waals surface area contributed by atoms with E-state index in [0.29, 0.717) is 41.2 Å². The summed E-state index contributed by atoms with van der Waals surface area (Å²) in [5, 5.41) is 16.4. The molecule has 0 saturated carbocycles. The molecule has 3 heterocycles. The third-order valence-corrected chi connectivity index (χ3v) is 4.26. The third-order valence-electron chi connectivity index (χ3n) is 4.26. The fourth-order valence-corrected chi connectivity index (χ4v) is 2.97. The molecular formula is C18H16FN9. The number of nitrogens with one attached hydrogen (secondary N) is 2. The topological polar surface area (TPSA) is 134 Å². The van der Waals surface area contributed by atoms with Gasteiger partial charge in [-0.05, 0) is 12.1 Å². The molecule has 28 heavy (non-hydrogen) atoms. The number of hydrogen-bond acceptors (Lipinski definition) is 7. The first-order valence-electron chi connectivity index (χ1n) is 8.46. The van der Waals surface area contributed by atoms with Gasteiger partial charge < -0.3 is 16.0 Å². The summed E-state index contributed by atoms with van der Waals surface area (Å²) in [5.41, 5.74) is 8.63. The van der Waals surface area contributed by atoms with E-state index in [2.05, 4.69) is 30.4 Å². The quantitative estimate of drug-likeness (QED) is 0.484. The van der Waals surface area contributed by atoms with E-state index in [0.717, 1.165) is 5.56 Å². The lowest BCUT2D eigenvalue weighted by Gasteiger charge is -2.06. The summed E-state index contributed by atoms with van der Waals surface area (Å²) in [6.07, 6.45) is 5.29. The van der Waals surface area contributed by atoms with Crippen molar-refractivity contribution in [2.45, 2.75) is 6.42 Å². The number of imidazole rings is 1. The Labute approximate surface area is 159 Å². The van der Waals surface area contributed by atoms with Crippen molar-refractivity contribution in [3.63, 3.8) is 0 Å².